The van der Waals surface area contributed by atoms with Crippen LogP contribution < -0.4 is 5.14 Å². The molecule has 1 aromatic heterocycles. The first kappa shape index (κ1) is 14.5. The minimum Gasteiger partial charge on any atom is -0.298 e. The van der Waals surface area contributed by atoms with Crippen molar-refractivity contribution in [2.75, 3.05) is 0 Å². The van der Waals surface area contributed by atoms with Crippen LogP contribution in [-0.2, 0) is 16.4 Å². The van der Waals surface area contributed by atoms with Crippen molar-refractivity contribution in [3.05, 3.63) is 5.82 Å². The van der Waals surface area contributed by atoms with Gasteiger partial charge in [0.1, 0.15) is 5.82 Å². The molecule has 6 nitrogen and oxygen atoms in total. The van der Waals surface area contributed by atoms with Gasteiger partial charge >= 0.3 is 0 Å². The lowest BCUT2D eigenvalue weighted by Gasteiger charge is -2.22. The maximum absolute atomic E-state index is 11.5. The lowest BCUT2D eigenvalue weighted by Crippen LogP contribution is -2.21. The Balaban J connectivity index is 2.27. The first-order valence-corrected chi connectivity index (χ1v) is 8.41. The summed E-state index contributed by atoms with van der Waals surface area (Å²) in [6.45, 7) is 3.84. The van der Waals surface area contributed by atoms with E-state index in [0.717, 1.165) is 12.2 Å². The number of rotatable bonds is 4. The van der Waals surface area contributed by atoms with Crippen LogP contribution >= 0.6 is 0 Å². The molecule has 0 unspecified atom stereocenters. The molecule has 0 radical (unpaired) electrons. The average Bonchev–Trinajstić information content (AvgIpc) is 2.74. The lowest BCUT2D eigenvalue weighted by molar-refractivity contribution is 0.343. The van der Waals surface area contributed by atoms with Crippen molar-refractivity contribution >= 4 is 10.0 Å². The Bertz CT molecular complexity index is 530. The largest absolute Gasteiger partial charge is 0.298 e. The van der Waals surface area contributed by atoms with Crippen LogP contribution in [0.15, 0.2) is 5.16 Å². The lowest BCUT2D eigenvalue weighted by atomic mass is 9.87. The van der Waals surface area contributed by atoms with Gasteiger partial charge in [-0.15, -0.1) is 10.2 Å². The molecule has 2 rings (SSSR count). The molecular weight excluding hydrogens is 264 g/mol. The molecule has 0 spiro atoms. The fourth-order valence-corrected chi connectivity index (χ4v) is 3.55. The van der Waals surface area contributed by atoms with Gasteiger partial charge in [-0.25, -0.2) is 13.6 Å². The van der Waals surface area contributed by atoms with Gasteiger partial charge in [-0.3, -0.25) is 4.57 Å². The fraction of sp³-hybridized carbons (Fsp3) is 0.833. The van der Waals surface area contributed by atoms with Crippen LogP contribution in [0.1, 0.15) is 57.8 Å². The van der Waals surface area contributed by atoms with Gasteiger partial charge in [0.05, 0.1) is 0 Å². The summed E-state index contributed by atoms with van der Waals surface area (Å²) in [5.74, 6) is 1.33. The quantitative estimate of drug-likeness (QED) is 0.910. The second kappa shape index (κ2) is 5.58. The van der Waals surface area contributed by atoms with Crippen LogP contribution in [0.2, 0.25) is 0 Å². The van der Waals surface area contributed by atoms with Gasteiger partial charge in [0, 0.05) is 12.5 Å². The zero-order valence-electron chi connectivity index (χ0n) is 11.5. The molecule has 1 saturated carbocycles. The highest BCUT2D eigenvalue weighted by molar-refractivity contribution is 7.89. The minimum atomic E-state index is -3.81. The van der Waals surface area contributed by atoms with Crippen LogP contribution in [-0.4, -0.2) is 23.2 Å². The zero-order chi connectivity index (χ0) is 14.0. The molecule has 0 bridgehead atoms. The predicted octanol–water partition coefficient (Wildman–Crippen LogP) is 1.63. The van der Waals surface area contributed by atoms with E-state index in [0.29, 0.717) is 5.92 Å². The molecule has 1 aromatic rings. The van der Waals surface area contributed by atoms with Crippen molar-refractivity contribution in [1.82, 2.24) is 14.8 Å². The third-order valence-electron chi connectivity index (χ3n) is 3.70. The smallest absolute Gasteiger partial charge is 0.273 e. The Morgan fingerprint density at radius 2 is 1.89 bits per heavy atom. The molecule has 0 atom stereocenters. The first-order chi connectivity index (χ1) is 8.89. The monoisotopic (exact) mass is 286 g/mol. The molecule has 0 amide bonds. The van der Waals surface area contributed by atoms with Crippen LogP contribution in [0.5, 0.6) is 0 Å². The van der Waals surface area contributed by atoms with Gasteiger partial charge in [0.25, 0.3) is 15.2 Å². The molecule has 19 heavy (non-hydrogen) atoms. The third-order valence-corrected chi connectivity index (χ3v) is 4.49. The van der Waals surface area contributed by atoms with E-state index in [1.165, 1.54) is 32.1 Å². The maximum Gasteiger partial charge on any atom is 0.273 e. The number of nitrogens with two attached hydrogens (primary N) is 1. The summed E-state index contributed by atoms with van der Waals surface area (Å²) < 4.78 is 24.7. The van der Waals surface area contributed by atoms with E-state index >= 15 is 0 Å². The molecule has 7 heteroatoms. The van der Waals surface area contributed by atoms with Gasteiger partial charge in [0.2, 0.25) is 0 Å². The molecule has 0 aromatic carbocycles. The highest BCUT2D eigenvalue weighted by atomic mass is 32.2. The Hall–Kier alpha value is -0.950. The number of sulfonamides is 1. The standard InChI is InChI=1S/C12H22N4O2S/c1-9(2)16-11(8-10-6-4-3-5-7-10)14-15-12(16)19(13,17)18/h9-10H,3-8H2,1-2H3,(H2,13,17,18). The molecule has 0 saturated heterocycles. The van der Waals surface area contributed by atoms with E-state index in [4.69, 9.17) is 5.14 Å². The van der Waals surface area contributed by atoms with E-state index in [1.54, 1.807) is 4.57 Å². The minimum absolute atomic E-state index is 0.0121. The van der Waals surface area contributed by atoms with E-state index < -0.39 is 10.0 Å². The average molecular weight is 286 g/mol. The summed E-state index contributed by atoms with van der Waals surface area (Å²) in [7, 11) is -3.81. The van der Waals surface area contributed by atoms with Gasteiger partial charge in [-0.2, -0.15) is 0 Å². The molecule has 1 heterocycles. The molecule has 1 fully saturated rings. The number of aromatic nitrogens is 3. The molecule has 2 N–H and O–H groups in total. The summed E-state index contributed by atoms with van der Waals surface area (Å²) in [6.07, 6.45) is 6.98. The maximum atomic E-state index is 11.5. The van der Waals surface area contributed by atoms with Crippen molar-refractivity contribution in [2.45, 2.75) is 63.6 Å². The number of hydrogen-bond donors (Lipinski definition) is 1. The van der Waals surface area contributed by atoms with Crippen molar-refractivity contribution < 1.29 is 8.42 Å². The van der Waals surface area contributed by atoms with Gasteiger partial charge < -0.3 is 0 Å². The molecule has 1 aliphatic rings. The van der Waals surface area contributed by atoms with E-state index in [2.05, 4.69) is 10.2 Å². The predicted molar refractivity (Wildman–Crippen MR) is 72.1 cm³/mol. The Morgan fingerprint density at radius 1 is 1.26 bits per heavy atom. The van der Waals surface area contributed by atoms with Crippen LogP contribution in [0.4, 0.5) is 0 Å². The Morgan fingerprint density at radius 3 is 2.42 bits per heavy atom. The topological polar surface area (TPSA) is 90.9 Å². The van der Waals surface area contributed by atoms with Crippen LogP contribution in [0.25, 0.3) is 0 Å². The van der Waals surface area contributed by atoms with E-state index in [9.17, 15) is 8.42 Å². The second-order valence-corrected chi connectivity index (χ2v) is 7.07. The summed E-state index contributed by atoms with van der Waals surface area (Å²) >= 11 is 0. The van der Waals surface area contributed by atoms with Crippen molar-refractivity contribution in [3.8, 4) is 0 Å². The van der Waals surface area contributed by atoms with E-state index in [1.807, 2.05) is 13.8 Å². The highest BCUT2D eigenvalue weighted by Gasteiger charge is 2.25. The summed E-state index contributed by atoms with van der Waals surface area (Å²) in [6, 6.07) is -0.0121. The SMILES string of the molecule is CC(C)n1c(CC2CCCCC2)nnc1S(N)(=O)=O. The third kappa shape index (κ3) is 3.33. The Kier molecular flexibility index (Phi) is 4.25. The second-order valence-electron chi connectivity index (χ2n) is 5.62. The van der Waals surface area contributed by atoms with Crippen LogP contribution in [0, 0.1) is 5.92 Å². The molecule has 108 valence electrons. The highest BCUT2D eigenvalue weighted by Crippen LogP contribution is 2.27. The van der Waals surface area contributed by atoms with Crippen LogP contribution in [0.3, 0.4) is 0 Å². The van der Waals surface area contributed by atoms with Crippen molar-refractivity contribution in [2.24, 2.45) is 11.1 Å². The molecular formula is C12H22N4O2S. The fourth-order valence-electron chi connectivity index (χ4n) is 2.81. The molecule has 1 aliphatic carbocycles. The van der Waals surface area contributed by atoms with Crippen molar-refractivity contribution in [3.63, 3.8) is 0 Å². The normalized spacial score (nSPS) is 18.1. The summed E-state index contributed by atoms with van der Waals surface area (Å²) in [4.78, 5) is 0. The summed E-state index contributed by atoms with van der Waals surface area (Å²) in [5, 5.41) is 12.9. The van der Waals surface area contributed by atoms with Gasteiger partial charge in [-0.05, 0) is 19.8 Å². The molecule has 0 aliphatic heterocycles. The number of hydrogen-bond acceptors (Lipinski definition) is 4. The van der Waals surface area contributed by atoms with Gasteiger partial charge in [-0.1, -0.05) is 32.1 Å². The first-order valence-electron chi connectivity index (χ1n) is 6.86. The number of primary sulfonamides is 1. The zero-order valence-corrected chi connectivity index (χ0v) is 12.4. The van der Waals surface area contributed by atoms with E-state index in [-0.39, 0.29) is 11.2 Å². The summed E-state index contributed by atoms with van der Waals surface area (Å²) in [5.41, 5.74) is 0. The van der Waals surface area contributed by atoms with Gasteiger partial charge in [0.15, 0.2) is 0 Å². The number of nitrogens with zero attached hydrogens (tertiary/aromatic N) is 3. The Labute approximate surface area is 114 Å². The van der Waals surface area contributed by atoms with Crippen molar-refractivity contribution in [1.29, 1.82) is 0 Å².